The molecule has 0 spiro atoms. The van der Waals surface area contributed by atoms with Crippen LogP contribution < -0.4 is 4.72 Å². The van der Waals surface area contributed by atoms with Gasteiger partial charge in [0.05, 0.1) is 16.1 Å². The van der Waals surface area contributed by atoms with Crippen molar-refractivity contribution < 1.29 is 8.42 Å². The molecule has 3 rings (SSSR count). The van der Waals surface area contributed by atoms with Gasteiger partial charge in [-0.3, -0.25) is 9.71 Å². The van der Waals surface area contributed by atoms with E-state index in [2.05, 4.69) is 9.71 Å². The van der Waals surface area contributed by atoms with Crippen molar-refractivity contribution in [1.82, 2.24) is 4.98 Å². The quantitative estimate of drug-likeness (QED) is 0.792. The van der Waals surface area contributed by atoms with E-state index in [1.807, 2.05) is 51.1 Å². The number of para-hydroxylation sites is 1. The summed E-state index contributed by atoms with van der Waals surface area (Å²) in [5.41, 5.74) is 4.09. The zero-order chi connectivity index (χ0) is 16.6. The van der Waals surface area contributed by atoms with Gasteiger partial charge in [-0.05, 0) is 56.2 Å². The SMILES string of the molecule is Cc1cc(NS(=O)(=O)c2ccc(C)c(C)c2)c2ccccc2n1. The maximum atomic E-state index is 12.7. The van der Waals surface area contributed by atoms with Crippen LogP contribution in [0.4, 0.5) is 5.69 Å². The Bertz CT molecular complexity index is 995. The van der Waals surface area contributed by atoms with Gasteiger partial charge < -0.3 is 0 Å². The third kappa shape index (κ3) is 3.05. The highest BCUT2D eigenvalue weighted by molar-refractivity contribution is 7.92. The van der Waals surface area contributed by atoms with E-state index in [0.29, 0.717) is 5.69 Å². The molecule has 0 amide bonds. The monoisotopic (exact) mass is 326 g/mol. The fraction of sp³-hybridized carbons (Fsp3) is 0.167. The van der Waals surface area contributed by atoms with Crippen LogP contribution in [0.25, 0.3) is 10.9 Å². The van der Waals surface area contributed by atoms with Gasteiger partial charge in [0, 0.05) is 11.1 Å². The Labute approximate surface area is 136 Å². The van der Waals surface area contributed by atoms with Gasteiger partial charge in [0.1, 0.15) is 0 Å². The molecule has 118 valence electrons. The minimum absolute atomic E-state index is 0.263. The first-order valence-electron chi connectivity index (χ1n) is 7.33. The van der Waals surface area contributed by atoms with Gasteiger partial charge in [-0.2, -0.15) is 0 Å². The first kappa shape index (κ1) is 15.5. The summed E-state index contributed by atoms with van der Waals surface area (Å²) in [4.78, 5) is 4.69. The number of aryl methyl sites for hydroxylation is 3. The fourth-order valence-electron chi connectivity index (χ4n) is 2.48. The smallest absolute Gasteiger partial charge is 0.261 e. The van der Waals surface area contributed by atoms with Gasteiger partial charge in [0.15, 0.2) is 0 Å². The van der Waals surface area contributed by atoms with E-state index in [-0.39, 0.29) is 4.90 Å². The number of benzene rings is 2. The van der Waals surface area contributed by atoms with Gasteiger partial charge in [0.2, 0.25) is 0 Å². The predicted molar refractivity (Wildman–Crippen MR) is 93.2 cm³/mol. The van der Waals surface area contributed by atoms with Gasteiger partial charge in [-0.15, -0.1) is 0 Å². The molecule has 0 bridgehead atoms. The topological polar surface area (TPSA) is 59.1 Å². The lowest BCUT2D eigenvalue weighted by Gasteiger charge is -2.12. The summed E-state index contributed by atoms with van der Waals surface area (Å²) >= 11 is 0. The largest absolute Gasteiger partial charge is 0.279 e. The van der Waals surface area contributed by atoms with E-state index in [1.165, 1.54) is 0 Å². The first-order valence-corrected chi connectivity index (χ1v) is 8.81. The molecule has 0 fully saturated rings. The highest BCUT2D eigenvalue weighted by atomic mass is 32.2. The molecule has 0 saturated heterocycles. The number of anilines is 1. The second-order valence-electron chi connectivity index (χ2n) is 5.68. The number of hydrogen-bond donors (Lipinski definition) is 1. The van der Waals surface area contributed by atoms with Crippen molar-refractivity contribution >= 4 is 26.6 Å². The summed E-state index contributed by atoms with van der Waals surface area (Å²) in [7, 11) is -3.64. The molecule has 23 heavy (non-hydrogen) atoms. The van der Waals surface area contributed by atoms with Crippen LogP contribution in [0.15, 0.2) is 53.4 Å². The molecule has 0 atom stereocenters. The predicted octanol–water partition coefficient (Wildman–Crippen LogP) is 3.96. The van der Waals surface area contributed by atoms with E-state index in [4.69, 9.17) is 0 Å². The average Bonchev–Trinajstić information content (AvgIpc) is 2.49. The zero-order valence-corrected chi connectivity index (χ0v) is 14.1. The van der Waals surface area contributed by atoms with Crippen LogP contribution >= 0.6 is 0 Å². The minimum Gasteiger partial charge on any atom is -0.279 e. The summed E-state index contributed by atoms with van der Waals surface area (Å²) < 4.78 is 28.1. The summed E-state index contributed by atoms with van der Waals surface area (Å²) in [6.07, 6.45) is 0. The third-order valence-electron chi connectivity index (χ3n) is 3.88. The zero-order valence-electron chi connectivity index (χ0n) is 13.3. The highest BCUT2D eigenvalue weighted by Gasteiger charge is 2.16. The second-order valence-corrected chi connectivity index (χ2v) is 7.36. The molecule has 1 N–H and O–H groups in total. The van der Waals surface area contributed by atoms with Gasteiger partial charge >= 0.3 is 0 Å². The molecule has 0 aliphatic rings. The molecule has 0 unspecified atom stereocenters. The van der Waals surface area contributed by atoms with Crippen molar-refractivity contribution in [3.63, 3.8) is 0 Å². The number of pyridine rings is 1. The van der Waals surface area contributed by atoms with E-state index in [1.54, 1.807) is 18.2 Å². The number of nitrogens with zero attached hydrogens (tertiary/aromatic N) is 1. The molecular formula is C18H18N2O2S. The Hall–Kier alpha value is -2.40. The summed E-state index contributed by atoms with van der Waals surface area (Å²) in [5.74, 6) is 0. The summed E-state index contributed by atoms with van der Waals surface area (Å²) in [6, 6.07) is 14.4. The van der Waals surface area contributed by atoms with Crippen LogP contribution in [-0.2, 0) is 10.0 Å². The maximum Gasteiger partial charge on any atom is 0.261 e. The summed E-state index contributed by atoms with van der Waals surface area (Å²) in [5, 5.41) is 0.783. The van der Waals surface area contributed by atoms with Crippen molar-refractivity contribution in [3.05, 3.63) is 65.4 Å². The Balaban J connectivity index is 2.09. The van der Waals surface area contributed by atoms with Gasteiger partial charge in [-0.1, -0.05) is 24.3 Å². The van der Waals surface area contributed by atoms with Crippen LogP contribution in [0.2, 0.25) is 0 Å². The van der Waals surface area contributed by atoms with Crippen LogP contribution in [0.5, 0.6) is 0 Å². The Kier molecular flexibility index (Phi) is 3.82. The van der Waals surface area contributed by atoms with Gasteiger partial charge in [0.25, 0.3) is 10.0 Å². The lowest BCUT2D eigenvalue weighted by molar-refractivity contribution is 0.601. The van der Waals surface area contributed by atoms with Crippen molar-refractivity contribution in [3.8, 4) is 0 Å². The average molecular weight is 326 g/mol. The Morgan fingerprint density at radius 3 is 2.39 bits per heavy atom. The maximum absolute atomic E-state index is 12.7. The lowest BCUT2D eigenvalue weighted by Crippen LogP contribution is -2.14. The van der Waals surface area contributed by atoms with Crippen molar-refractivity contribution in [2.75, 3.05) is 4.72 Å². The van der Waals surface area contributed by atoms with Crippen LogP contribution in [0.3, 0.4) is 0 Å². The fourth-order valence-corrected chi connectivity index (χ4v) is 3.63. The normalized spacial score (nSPS) is 11.6. The first-order chi connectivity index (χ1) is 10.9. The molecule has 1 aromatic heterocycles. The lowest BCUT2D eigenvalue weighted by atomic mass is 10.1. The standard InChI is InChI=1S/C18H18N2O2S/c1-12-8-9-15(10-13(12)2)23(21,22)20-18-11-14(3)19-17-7-5-4-6-16(17)18/h4-11H,1-3H3,(H,19,20). The highest BCUT2D eigenvalue weighted by Crippen LogP contribution is 2.26. The van der Waals surface area contributed by atoms with Crippen LogP contribution in [-0.4, -0.2) is 13.4 Å². The van der Waals surface area contributed by atoms with Crippen LogP contribution in [0.1, 0.15) is 16.8 Å². The van der Waals surface area contributed by atoms with E-state index in [0.717, 1.165) is 27.7 Å². The molecule has 0 radical (unpaired) electrons. The van der Waals surface area contributed by atoms with E-state index >= 15 is 0 Å². The Morgan fingerprint density at radius 1 is 0.913 bits per heavy atom. The van der Waals surface area contributed by atoms with E-state index in [9.17, 15) is 8.42 Å². The van der Waals surface area contributed by atoms with Crippen molar-refractivity contribution in [2.45, 2.75) is 25.7 Å². The number of fused-ring (bicyclic) bond motifs is 1. The minimum atomic E-state index is -3.64. The van der Waals surface area contributed by atoms with E-state index < -0.39 is 10.0 Å². The molecule has 1 heterocycles. The molecule has 4 nitrogen and oxygen atoms in total. The number of rotatable bonds is 3. The number of sulfonamides is 1. The molecule has 5 heteroatoms. The van der Waals surface area contributed by atoms with Crippen molar-refractivity contribution in [1.29, 1.82) is 0 Å². The van der Waals surface area contributed by atoms with Crippen LogP contribution in [0, 0.1) is 20.8 Å². The number of nitrogens with one attached hydrogen (secondary N) is 1. The number of aromatic nitrogens is 1. The molecule has 2 aromatic carbocycles. The third-order valence-corrected chi connectivity index (χ3v) is 5.24. The second kappa shape index (κ2) is 5.66. The molecule has 0 aliphatic carbocycles. The molecule has 0 aliphatic heterocycles. The number of hydrogen-bond acceptors (Lipinski definition) is 3. The molecule has 3 aromatic rings. The molecule has 0 saturated carbocycles. The Morgan fingerprint density at radius 2 is 1.65 bits per heavy atom. The van der Waals surface area contributed by atoms with Gasteiger partial charge in [-0.25, -0.2) is 8.42 Å². The summed E-state index contributed by atoms with van der Waals surface area (Å²) in [6.45, 7) is 5.71. The molecular weight excluding hydrogens is 308 g/mol. The van der Waals surface area contributed by atoms with Crippen molar-refractivity contribution in [2.24, 2.45) is 0 Å².